The number of amides is 3. The first-order valence-electron chi connectivity index (χ1n) is 12.4. The van der Waals surface area contributed by atoms with Gasteiger partial charge in [-0.25, -0.2) is 4.79 Å². The number of carbonyl (C=O) groups is 3. The Morgan fingerprint density at radius 3 is 2.15 bits per heavy atom. The molecule has 3 atom stereocenters. The SMILES string of the molecule is CCCN(C(=O)C(NC(=O)OC(C)(C)C)C(C)CC)C(C(=O)NC(C)C)c1cc(C)ccc1C. The van der Waals surface area contributed by atoms with Crippen LogP contribution in [0.2, 0.25) is 0 Å². The Hall–Kier alpha value is -2.57. The van der Waals surface area contributed by atoms with Crippen LogP contribution in [0.15, 0.2) is 18.2 Å². The number of aryl methyl sites for hydroxylation is 2. The number of carbonyl (C=O) groups excluding carboxylic acids is 3. The van der Waals surface area contributed by atoms with Crippen LogP contribution in [0, 0.1) is 19.8 Å². The Morgan fingerprint density at radius 1 is 1.03 bits per heavy atom. The number of hydrogen-bond donors (Lipinski definition) is 2. The van der Waals surface area contributed by atoms with E-state index in [1.165, 1.54) is 0 Å². The second kappa shape index (κ2) is 12.8. The highest BCUT2D eigenvalue weighted by Crippen LogP contribution is 2.28. The van der Waals surface area contributed by atoms with E-state index < -0.39 is 23.8 Å². The molecule has 0 aliphatic rings. The summed E-state index contributed by atoms with van der Waals surface area (Å²) in [5, 5.41) is 5.78. The maximum Gasteiger partial charge on any atom is 0.408 e. The topological polar surface area (TPSA) is 87.7 Å². The Kier molecular flexibility index (Phi) is 11.1. The summed E-state index contributed by atoms with van der Waals surface area (Å²) in [6.07, 6.45) is 0.706. The Labute approximate surface area is 206 Å². The van der Waals surface area contributed by atoms with E-state index in [0.29, 0.717) is 19.4 Å². The summed E-state index contributed by atoms with van der Waals surface area (Å²) < 4.78 is 5.43. The van der Waals surface area contributed by atoms with Gasteiger partial charge in [0.1, 0.15) is 17.7 Å². The predicted octanol–water partition coefficient (Wildman–Crippen LogP) is 5.05. The molecule has 0 saturated carbocycles. The zero-order chi connectivity index (χ0) is 26.2. The minimum atomic E-state index is -0.814. The van der Waals surface area contributed by atoms with Gasteiger partial charge in [-0.3, -0.25) is 9.59 Å². The molecule has 192 valence electrons. The molecule has 1 rings (SSSR count). The molecule has 0 aromatic heterocycles. The molecule has 7 nitrogen and oxygen atoms in total. The number of rotatable bonds is 10. The lowest BCUT2D eigenvalue weighted by atomic mass is 9.93. The van der Waals surface area contributed by atoms with Crippen molar-refractivity contribution in [2.24, 2.45) is 5.92 Å². The van der Waals surface area contributed by atoms with Crippen LogP contribution in [-0.4, -0.2) is 47.0 Å². The molecule has 1 aromatic carbocycles. The van der Waals surface area contributed by atoms with Gasteiger partial charge in [0.25, 0.3) is 0 Å². The minimum absolute atomic E-state index is 0.0797. The maximum atomic E-state index is 14.0. The first-order chi connectivity index (χ1) is 15.7. The third-order valence-corrected chi connectivity index (χ3v) is 5.62. The zero-order valence-electron chi connectivity index (χ0n) is 22.7. The van der Waals surface area contributed by atoms with E-state index in [2.05, 4.69) is 10.6 Å². The molecule has 2 N–H and O–H groups in total. The zero-order valence-corrected chi connectivity index (χ0v) is 22.7. The standard InChI is InChI=1S/C27H45N3O4/c1-11-15-30(25(32)22(19(6)12-2)29-26(33)34-27(8,9)10)23(24(31)28-17(3)4)21-16-18(5)13-14-20(21)7/h13-14,16-17,19,22-23H,11-12,15H2,1-10H3,(H,28,31)(H,29,33). The first-order valence-corrected chi connectivity index (χ1v) is 12.4. The predicted molar refractivity (Wildman–Crippen MR) is 137 cm³/mol. The van der Waals surface area contributed by atoms with Crippen molar-refractivity contribution in [2.75, 3.05) is 6.54 Å². The number of benzene rings is 1. The van der Waals surface area contributed by atoms with E-state index in [-0.39, 0.29) is 23.8 Å². The van der Waals surface area contributed by atoms with Crippen LogP contribution in [0.25, 0.3) is 0 Å². The van der Waals surface area contributed by atoms with Gasteiger partial charge in [-0.05, 0) is 71.9 Å². The number of ether oxygens (including phenoxy) is 1. The second-order valence-electron chi connectivity index (χ2n) is 10.5. The monoisotopic (exact) mass is 475 g/mol. The van der Waals surface area contributed by atoms with Crippen LogP contribution in [0.5, 0.6) is 0 Å². The highest BCUT2D eigenvalue weighted by molar-refractivity contribution is 5.92. The molecule has 3 unspecified atom stereocenters. The normalized spacial score (nSPS) is 14.2. The van der Waals surface area contributed by atoms with Crippen LogP contribution in [0.4, 0.5) is 4.79 Å². The number of nitrogens with zero attached hydrogens (tertiary/aromatic N) is 1. The molecule has 0 saturated heterocycles. The Balaban J connectivity index is 3.53. The molecular formula is C27H45N3O4. The van der Waals surface area contributed by atoms with E-state index in [0.717, 1.165) is 16.7 Å². The fraction of sp³-hybridized carbons (Fsp3) is 0.667. The van der Waals surface area contributed by atoms with E-state index in [1.807, 2.05) is 66.7 Å². The van der Waals surface area contributed by atoms with Gasteiger partial charge in [-0.2, -0.15) is 0 Å². The lowest BCUT2D eigenvalue weighted by molar-refractivity contribution is -0.143. The molecule has 34 heavy (non-hydrogen) atoms. The third-order valence-electron chi connectivity index (χ3n) is 5.62. The van der Waals surface area contributed by atoms with Crippen LogP contribution in [-0.2, 0) is 14.3 Å². The summed E-state index contributed by atoms with van der Waals surface area (Å²) in [6.45, 7) is 19.3. The number of nitrogens with one attached hydrogen (secondary N) is 2. The van der Waals surface area contributed by atoms with Crippen molar-refractivity contribution >= 4 is 17.9 Å². The van der Waals surface area contributed by atoms with Gasteiger partial charge >= 0.3 is 6.09 Å². The van der Waals surface area contributed by atoms with Gasteiger partial charge in [-0.15, -0.1) is 0 Å². The molecule has 0 spiro atoms. The van der Waals surface area contributed by atoms with Crippen molar-refractivity contribution in [2.45, 2.75) is 106 Å². The van der Waals surface area contributed by atoms with Gasteiger partial charge in [0.15, 0.2) is 0 Å². The van der Waals surface area contributed by atoms with Gasteiger partial charge in [0.05, 0.1) is 0 Å². The van der Waals surface area contributed by atoms with E-state index in [4.69, 9.17) is 4.74 Å². The van der Waals surface area contributed by atoms with E-state index >= 15 is 0 Å². The second-order valence-corrected chi connectivity index (χ2v) is 10.5. The average Bonchev–Trinajstić information content (AvgIpc) is 2.71. The number of alkyl carbamates (subject to hydrolysis) is 1. The molecule has 0 aliphatic heterocycles. The highest BCUT2D eigenvalue weighted by Gasteiger charge is 2.38. The van der Waals surface area contributed by atoms with Crippen molar-refractivity contribution in [1.82, 2.24) is 15.5 Å². The Morgan fingerprint density at radius 2 is 1.65 bits per heavy atom. The van der Waals surface area contributed by atoms with Crippen LogP contribution in [0.3, 0.4) is 0 Å². The van der Waals surface area contributed by atoms with E-state index in [1.54, 1.807) is 25.7 Å². The Bertz CT molecular complexity index is 845. The van der Waals surface area contributed by atoms with Crippen molar-refractivity contribution in [3.05, 3.63) is 34.9 Å². The molecular weight excluding hydrogens is 430 g/mol. The van der Waals surface area contributed by atoms with Gasteiger partial charge in [0.2, 0.25) is 11.8 Å². The van der Waals surface area contributed by atoms with Crippen molar-refractivity contribution in [3.63, 3.8) is 0 Å². The molecule has 0 aliphatic carbocycles. The fourth-order valence-corrected chi connectivity index (χ4v) is 3.77. The van der Waals surface area contributed by atoms with E-state index in [9.17, 15) is 14.4 Å². The summed E-state index contributed by atoms with van der Waals surface area (Å²) in [5.74, 6) is -0.663. The largest absolute Gasteiger partial charge is 0.444 e. The lowest BCUT2D eigenvalue weighted by Crippen LogP contribution is -2.55. The molecule has 1 aromatic rings. The van der Waals surface area contributed by atoms with Crippen molar-refractivity contribution in [3.8, 4) is 0 Å². The molecule has 3 amide bonds. The lowest BCUT2D eigenvalue weighted by Gasteiger charge is -2.36. The van der Waals surface area contributed by atoms with Gasteiger partial charge < -0.3 is 20.3 Å². The van der Waals surface area contributed by atoms with Crippen LogP contribution in [0.1, 0.15) is 91.0 Å². The molecule has 0 bridgehead atoms. The third kappa shape index (κ3) is 8.65. The van der Waals surface area contributed by atoms with Crippen molar-refractivity contribution < 1.29 is 19.1 Å². The molecule has 0 fully saturated rings. The van der Waals surface area contributed by atoms with Gasteiger partial charge in [-0.1, -0.05) is 51.0 Å². The summed E-state index contributed by atoms with van der Waals surface area (Å²) in [7, 11) is 0. The first kappa shape index (κ1) is 29.5. The quantitative estimate of drug-likeness (QED) is 0.496. The van der Waals surface area contributed by atoms with Gasteiger partial charge in [0, 0.05) is 12.6 Å². The summed E-state index contributed by atoms with van der Waals surface area (Å²) in [5.41, 5.74) is 2.05. The molecule has 0 heterocycles. The number of hydrogen-bond acceptors (Lipinski definition) is 4. The summed E-state index contributed by atoms with van der Waals surface area (Å²) in [6, 6.07) is 4.24. The summed E-state index contributed by atoms with van der Waals surface area (Å²) in [4.78, 5) is 41.7. The summed E-state index contributed by atoms with van der Waals surface area (Å²) >= 11 is 0. The van der Waals surface area contributed by atoms with Crippen LogP contribution < -0.4 is 10.6 Å². The molecule has 7 heteroatoms. The van der Waals surface area contributed by atoms with Crippen molar-refractivity contribution in [1.29, 1.82) is 0 Å². The smallest absolute Gasteiger partial charge is 0.408 e. The van der Waals surface area contributed by atoms with Crippen LogP contribution >= 0.6 is 0 Å². The highest BCUT2D eigenvalue weighted by atomic mass is 16.6. The maximum absolute atomic E-state index is 14.0. The molecule has 0 radical (unpaired) electrons. The average molecular weight is 476 g/mol. The fourth-order valence-electron chi connectivity index (χ4n) is 3.77. The minimum Gasteiger partial charge on any atom is -0.444 e.